The van der Waals surface area contributed by atoms with Crippen LogP contribution in [0.5, 0.6) is 0 Å². The Kier molecular flexibility index (Phi) is 5.69. The van der Waals surface area contributed by atoms with E-state index in [0.29, 0.717) is 42.9 Å². The first-order valence-electron chi connectivity index (χ1n) is 9.19. The third kappa shape index (κ3) is 4.17. The summed E-state index contributed by atoms with van der Waals surface area (Å²) in [6.07, 6.45) is 0.846. The van der Waals surface area contributed by atoms with Crippen molar-refractivity contribution in [1.82, 2.24) is 4.90 Å². The zero-order valence-electron chi connectivity index (χ0n) is 15.9. The Morgan fingerprint density at radius 3 is 2.39 bits per heavy atom. The van der Waals surface area contributed by atoms with Crippen molar-refractivity contribution in [2.75, 3.05) is 23.1 Å². The molecule has 8 heteroatoms. The molecule has 0 aromatic heterocycles. The summed E-state index contributed by atoms with van der Waals surface area (Å²) in [5.74, 6) is -0.156. The van der Waals surface area contributed by atoms with Gasteiger partial charge >= 0.3 is 0 Å². The van der Waals surface area contributed by atoms with E-state index in [0.717, 1.165) is 5.56 Å². The first kappa shape index (κ1) is 19.9. The van der Waals surface area contributed by atoms with Crippen molar-refractivity contribution in [1.29, 1.82) is 0 Å². The van der Waals surface area contributed by atoms with Gasteiger partial charge in [-0.25, -0.2) is 8.42 Å². The second kappa shape index (κ2) is 8.02. The number of carbonyl (C=O) groups is 2. The molecule has 0 aliphatic carbocycles. The minimum absolute atomic E-state index is 0.0689. The van der Waals surface area contributed by atoms with E-state index in [1.807, 2.05) is 13.8 Å². The largest absolute Gasteiger partial charge is 0.339 e. The van der Waals surface area contributed by atoms with Crippen LogP contribution in [0.1, 0.15) is 36.2 Å². The zero-order chi connectivity index (χ0) is 20.3. The summed E-state index contributed by atoms with van der Waals surface area (Å²) < 4.78 is 27.9. The molecule has 7 nitrogen and oxygen atoms in total. The highest BCUT2D eigenvalue weighted by Crippen LogP contribution is 2.26. The quantitative estimate of drug-likeness (QED) is 0.778. The number of benzene rings is 2. The highest BCUT2D eigenvalue weighted by molar-refractivity contribution is 7.92. The van der Waals surface area contributed by atoms with Gasteiger partial charge in [0.25, 0.3) is 15.9 Å². The predicted octanol–water partition coefficient (Wildman–Crippen LogP) is 2.85. The van der Waals surface area contributed by atoms with Gasteiger partial charge in [0.15, 0.2) is 0 Å². The number of hydrogen-bond acceptors (Lipinski definition) is 4. The third-order valence-corrected chi connectivity index (χ3v) is 6.10. The van der Waals surface area contributed by atoms with Crippen LogP contribution in [-0.2, 0) is 21.2 Å². The van der Waals surface area contributed by atoms with Gasteiger partial charge in [0.2, 0.25) is 5.91 Å². The molecule has 0 radical (unpaired) electrons. The van der Waals surface area contributed by atoms with E-state index in [4.69, 9.17) is 0 Å². The monoisotopic (exact) mass is 401 g/mol. The maximum absolute atomic E-state index is 12.7. The molecule has 28 heavy (non-hydrogen) atoms. The molecule has 2 N–H and O–H groups in total. The summed E-state index contributed by atoms with van der Waals surface area (Å²) in [4.78, 5) is 25.6. The van der Waals surface area contributed by atoms with E-state index in [-0.39, 0.29) is 16.7 Å². The molecule has 1 heterocycles. The summed E-state index contributed by atoms with van der Waals surface area (Å²) in [7, 11) is -3.78. The Morgan fingerprint density at radius 1 is 1.07 bits per heavy atom. The summed E-state index contributed by atoms with van der Waals surface area (Å²) in [5, 5.41) is 2.73. The van der Waals surface area contributed by atoms with E-state index >= 15 is 0 Å². The maximum Gasteiger partial charge on any atom is 0.261 e. The highest BCUT2D eigenvalue weighted by atomic mass is 32.2. The van der Waals surface area contributed by atoms with E-state index in [1.54, 1.807) is 41.3 Å². The van der Waals surface area contributed by atoms with E-state index in [9.17, 15) is 18.0 Å². The molecule has 0 fully saturated rings. The van der Waals surface area contributed by atoms with Crippen molar-refractivity contribution >= 4 is 33.2 Å². The van der Waals surface area contributed by atoms with Crippen molar-refractivity contribution in [2.24, 2.45) is 0 Å². The van der Waals surface area contributed by atoms with Gasteiger partial charge in [-0.2, -0.15) is 0 Å². The summed E-state index contributed by atoms with van der Waals surface area (Å²) >= 11 is 0. The molecular formula is C20H23N3O4S. The minimum Gasteiger partial charge on any atom is -0.339 e. The van der Waals surface area contributed by atoms with Gasteiger partial charge in [0, 0.05) is 36.4 Å². The SMILES string of the molecule is CCN(CC)C(=O)c1ccc(NS(=O)(=O)c2ccc3c(c2)CCC(=O)N3)cc1. The van der Waals surface area contributed by atoms with E-state index in [2.05, 4.69) is 10.0 Å². The van der Waals surface area contributed by atoms with Crippen molar-refractivity contribution in [3.8, 4) is 0 Å². The number of sulfonamides is 1. The Morgan fingerprint density at radius 2 is 1.75 bits per heavy atom. The summed E-state index contributed by atoms with van der Waals surface area (Å²) in [5.41, 5.74) is 2.33. The lowest BCUT2D eigenvalue weighted by molar-refractivity contribution is -0.116. The standard InChI is InChI=1S/C20H23N3O4S/c1-3-23(4-2)20(25)14-5-8-16(9-6-14)22-28(26,27)17-10-11-18-15(13-17)7-12-19(24)21-18/h5-6,8-11,13,22H,3-4,7,12H2,1-2H3,(H,21,24). The fraction of sp³-hybridized carbons (Fsp3) is 0.300. The van der Waals surface area contributed by atoms with Gasteiger partial charge in [0.1, 0.15) is 0 Å². The second-order valence-corrected chi connectivity index (χ2v) is 8.21. The van der Waals surface area contributed by atoms with Crippen molar-refractivity contribution in [3.63, 3.8) is 0 Å². The number of amides is 2. The topological polar surface area (TPSA) is 95.6 Å². The van der Waals surface area contributed by atoms with Gasteiger partial charge in [-0.15, -0.1) is 0 Å². The Bertz CT molecular complexity index is 997. The Labute approximate surface area is 164 Å². The fourth-order valence-corrected chi connectivity index (χ4v) is 4.22. The van der Waals surface area contributed by atoms with Gasteiger partial charge in [-0.05, 0) is 68.3 Å². The smallest absolute Gasteiger partial charge is 0.261 e. The van der Waals surface area contributed by atoms with E-state index < -0.39 is 10.0 Å². The number of carbonyl (C=O) groups excluding carboxylic acids is 2. The van der Waals surface area contributed by atoms with Gasteiger partial charge in [0.05, 0.1) is 4.90 Å². The van der Waals surface area contributed by atoms with Crippen LogP contribution in [-0.4, -0.2) is 38.2 Å². The van der Waals surface area contributed by atoms with Crippen LogP contribution in [0.25, 0.3) is 0 Å². The molecule has 0 saturated carbocycles. The molecule has 1 aliphatic rings. The third-order valence-electron chi connectivity index (χ3n) is 4.72. The summed E-state index contributed by atoms with van der Waals surface area (Å²) in [6.45, 7) is 5.05. The molecule has 3 rings (SSSR count). The molecular weight excluding hydrogens is 378 g/mol. The fourth-order valence-electron chi connectivity index (χ4n) is 3.12. The van der Waals surface area contributed by atoms with Crippen LogP contribution >= 0.6 is 0 Å². The maximum atomic E-state index is 12.7. The lowest BCUT2D eigenvalue weighted by atomic mass is 10.0. The second-order valence-electron chi connectivity index (χ2n) is 6.53. The lowest BCUT2D eigenvalue weighted by Gasteiger charge is -2.19. The Hall–Kier alpha value is -2.87. The molecule has 148 valence electrons. The molecule has 0 unspecified atom stereocenters. The average Bonchev–Trinajstić information content (AvgIpc) is 2.68. The van der Waals surface area contributed by atoms with Crippen LogP contribution in [0.3, 0.4) is 0 Å². The van der Waals surface area contributed by atoms with Gasteiger partial charge < -0.3 is 10.2 Å². The number of aryl methyl sites for hydroxylation is 1. The van der Waals surface area contributed by atoms with Crippen LogP contribution in [0, 0.1) is 0 Å². The Balaban J connectivity index is 1.77. The van der Waals surface area contributed by atoms with Crippen LogP contribution in [0.15, 0.2) is 47.4 Å². The normalized spacial score (nSPS) is 13.4. The number of rotatable bonds is 6. The number of nitrogens with one attached hydrogen (secondary N) is 2. The molecule has 0 saturated heterocycles. The van der Waals surface area contributed by atoms with Crippen LogP contribution < -0.4 is 10.0 Å². The zero-order valence-corrected chi connectivity index (χ0v) is 16.7. The van der Waals surface area contributed by atoms with Crippen molar-refractivity contribution < 1.29 is 18.0 Å². The number of nitrogens with zero attached hydrogens (tertiary/aromatic N) is 1. The molecule has 1 aliphatic heterocycles. The lowest BCUT2D eigenvalue weighted by Crippen LogP contribution is -2.30. The summed E-state index contributed by atoms with van der Waals surface area (Å²) in [6, 6.07) is 11.0. The minimum atomic E-state index is -3.78. The van der Waals surface area contributed by atoms with E-state index in [1.165, 1.54) is 6.07 Å². The average molecular weight is 401 g/mol. The molecule has 0 spiro atoms. The first-order valence-corrected chi connectivity index (χ1v) is 10.7. The molecule has 0 bridgehead atoms. The molecule has 0 atom stereocenters. The molecule has 2 aromatic rings. The highest BCUT2D eigenvalue weighted by Gasteiger charge is 2.20. The predicted molar refractivity (Wildman–Crippen MR) is 108 cm³/mol. The van der Waals surface area contributed by atoms with Gasteiger partial charge in [-0.3, -0.25) is 14.3 Å². The first-order chi connectivity index (χ1) is 13.3. The van der Waals surface area contributed by atoms with Crippen LogP contribution in [0.2, 0.25) is 0 Å². The van der Waals surface area contributed by atoms with Crippen molar-refractivity contribution in [2.45, 2.75) is 31.6 Å². The van der Waals surface area contributed by atoms with Crippen molar-refractivity contribution in [3.05, 3.63) is 53.6 Å². The number of hydrogen-bond donors (Lipinski definition) is 2. The molecule has 2 amide bonds. The van der Waals surface area contributed by atoms with Crippen LogP contribution in [0.4, 0.5) is 11.4 Å². The molecule has 2 aromatic carbocycles. The number of fused-ring (bicyclic) bond motifs is 1. The number of anilines is 2. The van der Waals surface area contributed by atoms with Gasteiger partial charge in [-0.1, -0.05) is 0 Å².